The highest BCUT2D eigenvalue weighted by Gasteiger charge is 2.38. The summed E-state index contributed by atoms with van der Waals surface area (Å²) in [4.78, 5) is 0. The van der Waals surface area contributed by atoms with Crippen molar-refractivity contribution >= 4 is 10.0 Å². The number of nitrogens with zero attached hydrogens (tertiary/aromatic N) is 2. The van der Waals surface area contributed by atoms with Gasteiger partial charge in [-0.2, -0.15) is 9.40 Å². The van der Waals surface area contributed by atoms with E-state index in [1.165, 1.54) is 0 Å². The molecule has 1 aliphatic rings. The molecule has 2 unspecified atom stereocenters. The molecule has 2 atom stereocenters. The van der Waals surface area contributed by atoms with Crippen LogP contribution in [0.2, 0.25) is 0 Å². The van der Waals surface area contributed by atoms with Crippen LogP contribution in [0.15, 0.2) is 5.03 Å². The number of aryl methyl sites for hydroxylation is 1. The van der Waals surface area contributed by atoms with E-state index in [1.807, 2.05) is 27.7 Å². The Hall–Kier alpha value is -0.920. The largest absolute Gasteiger partial charge is 0.313 e. The number of H-pyrrole nitrogens is 1. The van der Waals surface area contributed by atoms with Crippen LogP contribution in [0, 0.1) is 6.92 Å². The lowest BCUT2D eigenvalue weighted by molar-refractivity contribution is 0.203. The van der Waals surface area contributed by atoms with E-state index in [0.717, 1.165) is 37.1 Å². The minimum absolute atomic E-state index is 0.0303. The van der Waals surface area contributed by atoms with Crippen LogP contribution in [-0.4, -0.2) is 41.5 Å². The average molecular weight is 314 g/mol. The second kappa shape index (κ2) is 6.46. The van der Waals surface area contributed by atoms with E-state index in [-0.39, 0.29) is 17.1 Å². The second-order valence-electron chi connectivity index (χ2n) is 5.88. The van der Waals surface area contributed by atoms with Gasteiger partial charge in [0.25, 0.3) is 10.0 Å². The molecule has 0 saturated carbocycles. The van der Waals surface area contributed by atoms with E-state index in [1.54, 1.807) is 4.31 Å². The van der Waals surface area contributed by atoms with Crippen LogP contribution < -0.4 is 5.32 Å². The zero-order chi connectivity index (χ0) is 15.6. The van der Waals surface area contributed by atoms with Gasteiger partial charge < -0.3 is 5.32 Å². The van der Waals surface area contributed by atoms with Crippen LogP contribution in [0.5, 0.6) is 0 Å². The molecular weight excluding hydrogens is 288 g/mol. The molecule has 1 aromatic heterocycles. The van der Waals surface area contributed by atoms with Gasteiger partial charge in [-0.15, -0.1) is 0 Å². The first-order chi connectivity index (χ1) is 9.89. The summed E-state index contributed by atoms with van der Waals surface area (Å²) >= 11 is 0. The maximum absolute atomic E-state index is 13.0. The number of nitrogens with one attached hydrogen (secondary N) is 2. The summed E-state index contributed by atoms with van der Waals surface area (Å²) in [5, 5.41) is 10.3. The Labute approximate surface area is 127 Å². The first-order valence-corrected chi connectivity index (χ1v) is 9.11. The van der Waals surface area contributed by atoms with Crippen LogP contribution >= 0.6 is 0 Å². The SMILES string of the molecule is CCNCc1c(S(=O)(=O)N2C(C)CCCC2C)n[nH]c1C. The van der Waals surface area contributed by atoms with E-state index in [4.69, 9.17) is 0 Å². The number of aromatic nitrogens is 2. The van der Waals surface area contributed by atoms with Crippen molar-refractivity contribution < 1.29 is 8.42 Å². The third kappa shape index (κ3) is 3.14. The number of piperidine rings is 1. The van der Waals surface area contributed by atoms with Crippen molar-refractivity contribution in [1.29, 1.82) is 0 Å². The lowest BCUT2D eigenvalue weighted by atomic mass is 10.0. The second-order valence-corrected chi connectivity index (χ2v) is 7.64. The van der Waals surface area contributed by atoms with Gasteiger partial charge in [-0.25, -0.2) is 8.42 Å². The third-order valence-corrected chi connectivity index (χ3v) is 6.32. The van der Waals surface area contributed by atoms with Crippen molar-refractivity contribution in [2.75, 3.05) is 6.54 Å². The topological polar surface area (TPSA) is 78.1 Å². The number of sulfonamides is 1. The zero-order valence-electron chi connectivity index (χ0n) is 13.3. The standard InChI is InChI=1S/C14H26N4O2S/c1-5-15-9-13-12(4)16-17-14(13)21(19,20)18-10(2)7-6-8-11(18)3/h10-11,15H,5-9H2,1-4H3,(H,16,17). The molecule has 0 radical (unpaired) electrons. The van der Waals surface area contributed by atoms with E-state index in [2.05, 4.69) is 15.5 Å². The molecule has 1 fully saturated rings. The number of aromatic amines is 1. The summed E-state index contributed by atoms with van der Waals surface area (Å²) < 4.78 is 27.7. The Morgan fingerprint density at radius 3 is 2.52 bits per heavy atom. The Balaban J connectivity index is 2.39. The highest BCUT2D eigenvalue weighted by molar-refractivity contribution is 7.89. The molecule has 7 heteroatoms. The Kier molecular flexibility index (Phi) is 5.06. The number of hydrogen-bond donors (Lipinski definition) is 2. The van der Waals surface area contributed by atoms with Crippen LogP contribution in [-0.2, 0) is 16.6 Å². The van der Waals surface area contributed by atoms with Crippen molar-refractivity contribution in [3.05, 3.63) is 11.3 Å². The molecule has 1 aromatic rings. The van der Waals surface area contributed by atoms with Crippen LogP contribution in [0.1, 0.15) is 51.3 Å². The van der Waals surface area contributed by atoms with Gasteiger partial charge >= 0.3 is 0 Å². The molecule has 0 bridgehead atoms. The molecule has 1 aliphatic heterocycles. The fourth-order valence-electron chi connectivity index (χ4n) is 3.07. The molecule has 0 amide bonds. The predicted molar refractivity (Wildman–Crippen MR) is 82.5 cm³/mol. The van der Waals surface area contributed by atoms with Crippen LogP contribution in [0.3, 0.4) is 0 Å². The smallest absolute Gasteiger partial charge is 0.263 e. The summed E-state index contributed by atoms with van der Waals surface area (Å²) in [6.07, 6.45) is 2.91. The molecule has 21 heavy (non-hydrogen) atoms. The van der Waals surface area contributed by atoms with Gasteiger partial charge in [-0.1, -0.05) is 13.3 Å². The highest BCUT2D eigenvalue weighted by Crippen LogP contribution is 2.30. The van der Waals surface area contributed by atoms with Gasteiger partial charge in [0.15, 0.2) is 5.03 Å². The van der Waals surface area contributed by atoms with Crippen molar-refractivity contribution in [1.82, 2.24) is 19.8 Å². The van der Waals surface area contributed by atoms with Crippen LogP contribution in [0.25, 0.3) is 0 Å². The Morgan fingerprint density at radius 2 is 1.95 bits per heavy atom. The van der Waals surface area contributed by atoms with Crippen LogP contribution in [0.4, 0.5) is 0 Å². The summed E-state index contributed by atoms with van der Waals surface area (Å²) in [5.74, 6) is 0. The van der Waals surface area contributed by atoms with Crippen molar-refractivity contribution in [3.63, 3.8) is 0 Å². The predicted octanol–water partition coefficient (Wildman–Crippen LogP) is 1.78. The first-order valence-electron chi connectivity index (χ1n) is 7.67. The highest BCUT2D eigenvalue weighted by atomic mass is 32.2. The summed E-state index contributed by atoms with van der Waals surface area (Å²) in [7, 11) is -3.55. The van der Waals surface area contributed by atoms with E-state index < -0.39 is 10.0 Å². The van der Waals surface area contributed by atoms with E-state index in [9.17, 15) is 8.42 Å². The molecule has 6 nitrogen and oxygen atoms in total. The summed E-state index contributed by atoms with van der Waals surface area (Å²) in [5.41, 5.74) is 1.56. The van der Waals surface area contributed by atoms with Gasteiger partial charge in [-0.05, 0) is 40.2 Å². The summed E-state index contributed by atoms with van der Waals surface area (Å²) in [6.45, 7) is 9.14. The van der Waals surface area contributed by atoms with Crippen molar-refractivity contribution in [2.24, 2.45) is 0 Å². The molecule has 1 saturated heterocycles. The van der Waals surface area contributed by atoms with E-state index in [0.29, 0.717) is 6.54 Å². The van der Waals surface area contributed by atoms with Gasteiger partial charge in [0.1, 0.15) is 0 Å². The Morgan fingerprint density at radius 1 is 1.33 bits per heavy atom. The normalized spacial score (nSPS) is 24.4. The minimum Gasteiger partial charge on any atom is -0.313 e. The maximum Gasteiger partial charge on any atom is 0.263 e. The lowest BCUT2D eigenvalue weighted by Crippen LogP contribution is -2.47. The third-order valence-electron chi connectivity index (χ3n) is 4.22. The molecular formula is C14H26N4O2S. The fraction of sp³-hybridized carbons (Fsp3) is 0.786. The first kappa shape index (κ1) is 16.5. The lowest BCUT2D eigenvalue weighted by Gasteiger charge is -2.37. The average Bonchev–Trinajstić information content (AvgIpc) is 2.78. The maximum atomic E-state index is 13.0. The molecule has 0 aromatic carbocycles. The summed E-state index contributed by atoms with van der Waals surface area (Å²) in [6, 6.07) is 0.0606. The Bertz CT molecular complexity index is 572. The minimum atomic E-state index is -3.55. The fourth-order valence-corrected chi connectivity index (χ4v) is 5.13. The molecule has 120 valence electrons. The van der Waals surface area contributed by atoms with Gasteiger partial charge in [0.05, 0.1) is 0 Å². The van der Waals surface area contributed by atoms with Crippen molar-refractivity contribution in [3.8, 4) is 0 Å². The number of hydrogen-bond acceptors (Lipinski definition) is 4. The monoisotopic (exact) mass is 314 g/mol. The van der Waals surface area contributed by atoms with Gasteiger partial charge in [0.2, 0.25) is 0 Å². The quantitative estimate of drug-likeness (QED) is 0.868. The zero-order valence-corrected chi connectivity index (χ0v) is 14.1. The molecule has 2 heterocycles. The molecule has 2 N–H and O–H groups in total. The van der Waals surface area contributed by atoms with E-state index >= 15 is 0 Å². The molecule has 0 aliphatic carbocycles. The molecule has 2 rings (SSSR count). The number of rotatable bonds is 5. The molecule has 0 spiro atoms. The van der Waals surface area contributed by atoms with Gasteiger partial charge in [-0.3, -0.25) is 5.10 Å². The van der Waals surface area contributed by atoms with Crippen molar-refractivity contribution in [2.45, 2.75) is 70.6 Å². The van der Waals surface area contributed by atoms with Gasteiger partial charge in [0, 0.05) is 29.9 Å².